The Bertz CT molecular complexity index is 1080. The SMILES string of the molecule is N#Cc1ccc(N2CCN(C(=O)C[C@H](N)OCCOc3cn[nH]c(=O)c3C(F)(F)F)CC2)nc1. The van der Waals surface area contributed by atoms with Crippen molar-refractivity contribution < 1.29 is 27.4 Å². The van der Waals surface area contributed by atoms with E-state index in [0.29, 0.717) is 31.7 Å². The van der Waals surface area contributed by atoms with E-state index < -0.39 is 29.3 Å². The van der Waals surface area contributed by atoms with Crippen molar-refractivity contribution in [3.63, 3.8) is 0 Å². The van der Waals surface area contributed by atoms with Crippen LogP contribution < -0.4 is 20.9 Å². The number of nitrogens with two attached hydrogens (primary N) is 1. The number of nitrogens with zero attached hydrogens (tertiary/aromatic N) is 5. The highest BCUT2D eigenvalue weighted by Crippen LogP contribution is 2.32. The Labute approximate surface area is 191 Å². The molecular weight excluding hydrogens is 459 g/mol. The third-order valence-electron chi connectivity index (χ3n) is 4.99. The van der Waals surface area contributed by atoms with Crippen LogP contribution in [0.25, 0.3) is 0 Å². The molecule has 3 rings (SSSR count). The van der Waals surface area contributed by atoms with Crippen LogP contribution in [0.1, 0.15) is 17.5 Å². The van der Waals surface area contributed by atoms with E-state index in [1.54, 1.807) is 22.1 Å². The van der Waals surface area contributed by atoms with Gasteiger partial charge in [-0.2, -0.15) is 23.5 Å². The molecule has 182 valence electrons. The molecule has 2 aromatic heterocycles. The van der Waals surface area contributed by atoms with Gasteiger partial charge in [0.1, 0.15) is 24.7 Å². The van der Waals surface area contributed by atoms with Gasteiger partial charge in [0.2, 0.25) is 5.91 Å². The van der Waals surface area contributed by atoms with E-state index in [-0.39, 0.29) is 25.5 Å². The standard InChI is InChI=1S/C20H22F3N7O4/c21-20(22,23)18-14(12-27-28-19(18)32)33-7-8-34-15(25)9-17(31)30-5-3-29(4-6-30)16-2-1-13(10-24)11-26-16/h1-2,11-12,15H,3-9,25H2,(H,28,32)/t15-/m1/s1. The number of halogens is 3. The molecule has 34 heavy (non-hydrogen) atoms. The number of nitriles is 1. The van der Waals surface area contributed by atoms with Crippen LogP contribution >= 0.6 is 0 Å². The maximum atomic E-state index is 13.0. The second kappa shape index (κ2) is 10.9. The summed E-state index contributed by atoms with van der Waals surface area (Å²) in [6.45, 7) is 1.49. The second-order valence-corrected chi connectivity index (χ2v) is 7.28. The number of nitrogens with one attached hydrogen (secondary N) is 1. The molecule has 0 aromatic carbocycles. The summed E-state index contributed by atoms with van der Waals surface area (Å²) in [5, 5.41) is 13.9. The predicted molar refractivity (Wildman–Crippen MR) is 112 cm³/mol. The summed E-state index contributed by atoms with van der Waals surface area (Å²) in [6, 6.07) is 5.44. The van der Waals surface area contributed by atoms with Gasteiger partial charge in [-0.15, -0.1) is 0 Å². The van der Waals surface area contributed by atoms with Gasteiger partial charge < -0.3 is 25.0 Å². The molecule has 11 nitrogen and oxygen atoms in total. The highest BCUT2D eigenvalue weighted by molar-refractivity contribution is 5.77. The van der Waals surface area contributed by atoms with Crippen molar-refractivity contribution in [2.45, 2.75) is 18.8 Å². The lowest BCUT2D eigenvalue weighted by Crippen LogP contribution is -2.50. The summed E-state index contributed by atoms with van der Waals surface area (Å²) < 4.78 is 49.2. The Morgan fingerprint density at radius 2 is 1.97 bits per heavy atom. The first-order valence-electron chi connectivity index (χ1n) is 10.2. The molecule has 0 spiro atoms. The summed E-state index contributed by atoms with van der Waals surface area (Å²) >= 11 is 0. The molecule has 0 saturated carbocycles. The van der Waals surface area contributed by atoms with E-state index in [9.17, 15) is 22.8 Å². The largest absolute Gasteiger partial charge is 0.489 e. The number of amides is 1. The molecule has 2 aromatic rings. The number of alkyl halides is 3. The number of carbonyl (C=O) groups is 1. The van der Waals surface area contributed by atoms with E-state index in [1.165, 1.54) is 6.20 Å². The Morgan fingerprint density at radius 3 is 2.59 bits per heavy atom. The number of H-pyrrole nitrogens is 1. The Kier molecular flexibility index (Phi) is 8.03. The number of piperazine rings is 1. The Hall–Kier alpha value is -3.70. The minimum absolute atomic E-state index is 0.116. The van der Waals surface area contributed by atoms with Gasteiger partial charge in [0.15, 0.2) is 11.3 Å². The van der Waals surface area contributed by atoms with Crippen molar-refractivity contribution in [2.75, 3.05) is 44.3 Å². The van der Waals surface area contributed by atoms with Crippen LogP contribution in [0, 0.1) is 11.3 Å². The number of anilines is 1. The van der Waals surface area contributed by atoms with E-state index in [1.807, 2.05) is 11.0 Å². The van der Waals surface area contributed by atoms with E-state index in [2.05, 4.69) is 10.1 Å². The molecule has 3 N–H and O–H groups in total. The molecule has 14 heteroatoms. The number of pyridine rings is 1. The summed E-state index contributed by atoms with van der Waals surface area (Å²) in [6.07, 6.45) is -3.76. The van der Waals surface area contributed by atoms with Gasteiger partial charge in [0.25, 0.3) is 5.56 Å². The van der Waals surface area contributed by atoms with Gasteiger partial charge in [-0.3, -0.25) is 9.59 Å². The zero-order chi connectivity index (χ0) is 24.7. The molecule has 1 amide bonds. The smallest absolute Gasteiger partial charge is 0.425 e. The van der Waals surface area contributed by atoms with Gasteiger partial charge in [0.05, 0.1) is 24.8 Å². The molecule has 1 atom stereocenters. The molecule has 1 aliphatic heterocycles. The minimum atomic E-state index is -4.91. The Morgan fingerprint density at radius 1 is 1.24 bits per heavy atom. The van der Waals surface area contributed by atoms with Gasteiger partial charge in [-0.05, 0) is 12.1 Å². The van der Waals surface area contributed by atoms with Crippen molar-refractivity contribution in [3.8, 4) is 11.8 Å². The summed E-state index contributed by atoms with van der Waals surface area (Å²) in [5.41, 5.74) is 3.37. The third-order valence-corrected chi connectivity index (χ3v) is 4.99. The summed E-state index contributed by atoms with van der Waals surface area (Å²) in [4.78, 5) is 31.7. The average Bonchev–Trinajstić information content (AvgIpc) is 2.81. The number of carbonyl (C=O) groups excluding carboxylic acids is 1. The quantitative estimate of drug-likeness (QED) is 0.405. The fraction of sp³-hybridized carbons (Fsp3) is 0.450. The van der Waals surface area contributed by atoms with Crippen molar-refractivity contribution in [3.05, 3.63) is 46.0 Å². The molecule has 0 radical (unpaired) electrons. The topological polar surface area (TPSA) is 150 Å². The van der Waals surface area contributed by atoms with Crippen LogP contribution in [0.3, 0.4) is 0 Å². The van der Waals surface area contributed by atoms with E-state index in [0.717, 1.165) is 12.0 Å². The predicted octanol–water partition coefficient (Wildman–Crippen LogP) is 0.474. The summed E-state index contributed by atoms with van der Waals surface area (Å²) in [5.74, 6) is -0.228. The zero-order valence-electron chi connectivity index (χ0n) is 17.9. The molecule has 0 unspecified atom stereocenters. The fourth-order valence-corrected chi connectivity index (χ4v) is 3.30. The number of hydrogen-bond donors (Lipinski definition) is 2. The van der Waals surface area contributed by atoms with Crippen molar-refractivity contribution >= 4 is 11.7 Å². The van der Waals surface area contributed by atoms with E-state index in [4.69, 9.17) is 20.5 Å². The first-order chi connectivity index (χ1) is 16.2. The fourth-order valence-electron chi connectivity index (χ4n) is 3.30. The molecule has 1 aliphatic rings. The highest BCUT2D eigenvalue weighted by atomic mass is 19.4. The summed E-state index contributed by atoms with van der Waals surface area (Å²) in [7, 11) is 0. The van der Waals surface area contributed by atoms with Crippen LogP contribution in [-0.2, 0) is 15.7 Å². The number of aromatic amines is 1. The lowest BCUT2D eigenvalue weighted by Gasteiger charge is -2.35. The van der Waals surface area contributed by atoms with Crippen molar-refractivity contribution in [1.29, 1.82) is 5.26 Å². The van der Waals surface area contributed by atoms with Gasteiger partial charge in [-0.25, -0.2) is 10.1 Å². The zero-order valence-corrected chi connectivity index (χ0v) is 17.9. The molecule has 0 bridgehead atoms. The molecule has 1 fully saturated rings. The van der Waals surface area contributed by atoms with Crippen LogP contribution in [0.15, 0.2) is 29.3 Å². The maximum Gasteiger partial charge on any atom is 0.425 e. The van der Waals surface area contributed by atoms with Crippen LogP contribution in [0.4, 0.5) is 19.0 Å². The highest BCUT2D eigenvalue weighted by Gasteiger charge is 2.38. The number of rotatable bonds is 8. The normalized spacial score (nSPS) is 15.0. The first kappa shape index (κ1) is 24.9. The monoisotopic (exact) mass is 481 g/mol. The first-order valence-corrected chi connectivity index (χ1v) is 10.2. The average molecular weight is 481 g/mol. The molecule has 3 heterocycles. The lowest BCUT2D eigenvalue weighted by molar-refractivity contribution is -0.140. The van der Waals surface area contributed by atoms with Crippen LogP contribution in [0.2, 0.25) is 0 Å². The lowest BCUT2D eigenvalue weighted by atomic mass is 10.2. The Balaban J connectivity index is 1.40. The van der Waals surface area contributed by atoms with Gasteiger partial charge >= 0.3 is 6.18 Å². The number of ether oxygens (including phenoxy) is 2. The van der Waals surface area contributed by atoms with Crippen molar-refractivity contribution in [1.82, 2.24) is 20.1 Å². The van der Waals surface area contributed by atoms with Gasteiger partial charge in [0, 0.05) is 32.4 Å². The third kappa shape index (κ3) is 6.42. The minimum Gasteiger partial charge on any atom is -0.489 e. The molecule has 1 saturated heterocycles. The van der Waals surface area contributed by atoms with Crippen LogP contribution in [0.5, 0.6) is 5.75 Å². The van der Waals surface area contributed by atoms with Gasteiger partial charge in [-0.1, -0.05) is 0 Å². The van der Waals surface area contributed by atoms with E-state index >= 15 is 0 Å². The van der Waals surface area contributed by atoms with Crippen LogP contribution in [-0.4, -0.2) is 71.6 Å². The van der Waals surface area contributed by atoms with Crippen molar-refractivity contribution in [2.24, 2.45) is 5.73 Å². The second-order valence-electron chi connectivity index (χ2n) is 7.28. The number of hydrogen-bond acceptors (Lipinski definition) is 9. The number of aromatic nitrogens is 3. The molecular formula is C20H22F3N7O4. The molecule has 0 aliphatic carbocycles. The maximum absolute atomic E-state index is 13.0.